The molecule has 0 aliphatic rings. The molecule has 22 heavy (non-hydrogen) atoms. The van der Waals surface area contributed by atoms with Crippen molar-refractivity contribution in [2.45, 2.75) is 26.9 Å². The van der Waals surface area contributed by atoms with Crippen LogP contribution in [-0.4, -0.2) is 35.9 Å². The zero-order valence-electron chi connectivity index (χ0n) is 13.2. The van der Waals surface area contributed by atoms with Gasteiger partial charge in [0.25, 0.3) is 10.2 Å². The van der Waals surface area contributed by atoms with Gasteiger partial charge in [0.1, 0.15) is 0 Å². The Morgan fingerprint density at radius 1 is 1.23 bits per heavy atom. The van der Waals surface area contributed by atoms with Crippen molar-refractivity contribution in [2.24, 2.45) is 0 Å². The molecule has 0 bridgehead atoms. The van der Waals surface area contributed by atoms with Crippen LogP contribution in [0.2, 0.25) is 0 Å². The van der Waals surface area contributed by atoms with Gasteiger partial charge in [-0.1, -0.05) is 30.3 Å². The van der Waals surface area contributed by atoms with Crippen LogP contribution in [0.3, 0.4) is 0 Å². The lowest BCUT2D eigenvalue weighted by Crippen LogP contribution is -2.39. The summed E-state index contributed by atoms with van der Waals surface area (Å²) in [5, 5.41) is 0. The van der Waals surface area contributed by atoms with Crippen LogP contribution in [0.1, 0.15) is 17.0 Å². The van der Waals surface area contributed by atoms with Gasteiger partial charge in [0.05, 0.1) is 12.0 Å². The van der Waals surface area contributed by atoms with Crippen LogP contribution in [0, 0.1) is 13.8 Å². The average molecular weight is 322 g/mol. The predicted octanol–water partition coefficient (Wildman–Crippen LogP) is 1.47. The first-order valence-electron chi connectivity index (χ1n) is 7.13. The molecule has 0 aliphatic heterocycles. The van der Waals surface area contributed by atoms with E-state index in [1.165, 1.54) is 4.31 Å². The Kier molecular flexibility index (Phi) is 5.33. The molecular formula is C15H22N4O2S. The lowest BCUT2D eigenvalue weighted by molar-refractivity contribution is 0.452. The third-order valence-electron chi connectivity index (χ3n) is 3.64. The fraction of sp³-hybridized carbons (Fsp3) is 0.400. The molecule has 0 radical (unpaired) electrons. The quantitative estimate of drug-likeness (QED) is 0.839. The molecule has 7 heteroatoms. The van der Waals surface area contributed by atoms with Gasteiger partial charge in [0.15, 0.2) is 0 Å². The second-order valence-corrected chi connectivity index (χ2v) is 7.11. The SMILES string of the molecule is Cc1ncn(CCNS(=O)(=O)N(C)Cc2ccccc2)c1C. The van der Waals surface area contributed by atoms with Crippen molar-refractivity contribution in [3.05, 3.63) is 53.6 Å². The van der Waals surface area contributed by atoms with Crippen molar-refractivity contribution in [2.75, 3.05) is 13.6 Å². The topological polar surface area (TPSA) is 67.2 Å². The molecule has 0 saturated heterocycles. The van der Waals surface area contributed by atoms with Crippen LogP contribution >= 0.6 is 0 Å². The van der Waals surface area contributed by atoms with E-state index >= 15 is 0 Å². The molecule has 2 aromatic rings. The highest BCUT2D eigenvalue weighted by Gasteiger charge is 2.17. The van der Waals surface area contributed by atoms with Gasteiger partial charge in [0.2, 0.25) is 0 Å². The van der Waals surface area contributed by atoms with Crippen LogP contribution in [0.5, 0.6) is 0 Å². The maximum atomic E-state index is 12.2. The monoisotopic (exact) mass is 322 g/mol. The zero-order chi connectivity index (χ0) is 16.2. The largest absolute Gasteiger partial charge is 0.333 e. The number of benzene rings is 1. The Balaban J connectivity index is 1.89. The summed E-state index contributed by atoms with van der Waals surface area (Å²) in [6.45, 7) is 5.14. The molecule has 6 nitrogen and oxygen atoms in total. The van der Waals surface area contributed by atoms with E-state index in [0.717, 1.165) is 17.0 Å². The molecule has 0 spiro atoms. The van der Waals surface area contributed by atoms with Gasteiger partial charge in [-0.25, -0.2) is 9.71 Å². The molecule has 120 valence electrons. The predicted molar refractivity (Wildman–Crippen MR) is 86.5 cm³/mol. The van der Waals surface area contributed by atoms with E-state index < -0.39 is 10.2 Å². The van der Waals surface area contributed by atoms with Crippen LogP contribution in [-0.2, 0) is 23.3 Å². The number of rotatable bonds is 7. The van der Waals surface area contributed by atoms with E-state index in [1.807, 2.05) is 48.7 Å². The number of aryl methyl sites for hydroxylation is 1. The minimum atomic E-state index is -3.49. The lowest BCUT2D eigenvalue weighted by Gasteiger charge is -2.18. The van der Waals surface area contributed by atoms with Gasteiger partial charge in [-0.2, -0.15) is 12.7 Å². The summed E-state index contributed by atoms with van der Waals surface area (Å²) in [6.07, 6.45) is 1.73. The summed E-state index contributed by atoms with van der Waals surface area (Å²) >= 11 is 0. The Morgan fingerprint density at radius 2 is 1.91 bits per heavy atom. The van der Waals surface area contributed by atoms with Gasteiger partial charge in [0, 0.05) is 32.4 Å². The van der Waals surface area contributed by atoms with E-state index in [-0.39, 0.29) is 0 Å². The third kappa shape index (κ3) is 4.16. The molecule has 1 N–H and O–H groups in total. The van der Waals surface area contributed by atoms with Gasteiger partial charge in [-0.05, 0) is 19.4 Å². The number of hydrogen-bond donors (Lipinski definition) is 1. The molecule has 0 saturated carbocycles. The summed E-state index contributed by atoms with van der Waals surface area (Å²) in [6, 6.07) is 9.51. The molecule has 1 aromatic heterocycles. The van der Waals surface area contributed by atoms with Crippen molar-refractivity contribution < 1.29 is 8.42 Å². The molecule has 0 fully saturated rings. The minimum Gasteiger partial charge on any atom is -0.333 e. The molecule has 0 atom stereocenters. The van der Waals surface area contributed by atoms with E-state index in [9.17, 15) is 8.42 Å². The van der Waals surface area contributed by atoms with Gasteiger partial charge in [-0.3, -0.25) is 0 Å². The first-order chi connectivity index (χ1) is 10.4. The highest BCUT2D eigenvalue weighted by molar-refractivity contribution is 7.87. The van der Waals surface area contributed by atoms with E-state index in [0.29, 0.717) is 19.6 Å². The van der Waals surface area contributed by atoms with Crippen molar-refractivity contribution in [3.63, 3.8) is 0 Å². The molecule has 0 unspecified atom stereocenters. The van der Waals surface area contributed by atoms with Crippen molar-refractivity contribution in [1.82, 2.24) is 18.6 Å². The number of imidazole rings is 1. The summed E-state index contributed by atoms with van der Waals surface area (Å²) in [5.74, 6) is 0. The normalized spacial score (nSPS) is 12.0. The summed E-state index contributed by atoms with van der Waals surface area (Å²) in [4.78, 5) is 4.20. The Morgan fingerprint density at radius 3 is 2.50 bits per heavy atom. The third-order valence-corrected chi connectivity index (χ3v) is 5.16. The maximum Gasteiger partial charge on any atom is 0.279 e. The Hall–Kier alpha value is -1.70. The van der Waals surface area contributed by atoms with Crippen molar-refractivity contribution >= 4 is 10.2 Å². The first kappa shape index (κ1) is 16.7. The zero-order valence-corrected chi connectivity index (χ0v) is 14.0. The second kappa shape index (κ2) is 7.04. The fourth-order valence-corrected chi connectivity index (χ4v) is 2.99. The van der Waals surface area contributed by atoms with E-state index in [1.54, 1.807) is 13.4 Å². The molecule has 0 amide bonds. The Bertz CT molecular complexity index is 710. The second-order valence-electron chi connectivity index (χ2n) is 5.25. The fourth-order valence-electron chi connectivity index (χ4n) is 2.10. The van der Waals surface area contributed by atoms with Crippen LogP contribution in [0.25, 0.3) is 0 Å². The van der Waals surface area contributed by atoms with E-state index in [2.05, 4.69) is 9.71 Å². The smallest absolute Gasteiger partial charge is 0.279 e. The highest BCUT2D eigenvalue weighted by atomic mass is 32.2. The van der Waals surface area contributed by atoms with Crippen molar-refractivity contribution in [1.29, 1.82) is 0 Å². The summed E-state index contributed by atoms with van der Waals surface area (Å²) in [7, 11) is -1.91. The lowest BCUT2D eigenvalue weighted by atomic mass is 10.2. The average Bonchev–Trinajstić information content (AvgIpc) is 2.80. The van der Waals surface area contributed by atoms with Gasteiger partial charge >= 0.3 is 0 Å². The first-order valence-corrected chi connectivity index (χ1v) is 8.57. The van der Waals surface area contributed by atoms with Gasteiger partial charge in [-0.15, -0.1) is 0 Å². The molecular weight excluding hydrogens is 300 g/mol. The number of hydrogen-bond acceptors (Lipinski definition) is 3. The van der Waals surface area contributed by atoms with Crippen molar-refractivity contribution in [3.8, 4) is 0 Å². The maximum absolute atomic E-state index is 12.2. The van der Waals surface area contributed by atoms with E-state index in [4.69, 9.17) is 0 Å². The molecule has 1 heterocycles. The standard InChI is InChI=1S/C15H22N4O2S/c1-13-14(2)19(12-16-13)10-9-17-22(20,21)18(3)11-15-7-5-4-6-8-15/h4-8,12,17H,9-11H2,1-3H3. The summed E-state index contributed by atoms with van der Waals surface area (Å²) in [5.41, 5.74) is 2.97. The van der Waals surface area contributed by atoms with Crippen LogP contribution < -0.4 is 4.72 Å². The Labute approximate surface area is 132 Å². The van der Waals surface area contributed by atoms with Gasteiger partial charge < -0.3 is 4.57 Å². The van der Waals surface area contributed by atoms with Crippen LogP contribution in [0.15, 0.2) is 36.7 Å². The number of nitrogens with zero attached hydrogens (tertiary/aromatic N) is 3. The molecule has 1 aromatic carbocycles. The number of nitrogens with one attached hydrogen (secondary N) is 1. The highest BCUT2D eigenvalue weighted by Crippen LogP contribution is 2.06. The molecule has 0 aliphatic carbocycles. The summed E-state index contributed by atoms with van der Waals surface area (Å²) < 4.78 is 30.3. The number of aromatic nitrogens is 2. The minimum absolute atomic E-state index is 0.331. The van der Waals surface area contributed by atoms with Crippen LogP contribution in [0.4, 0.5) is 0 Å². The molecule has 2 rings (SSSR count).